The van der Waals surface area contributed by atoms with E-state index in [-0.39, 0.29) is 56.6 Å². The van der Waals surface area contributed by atoms with E-state index in [4.69, 9.17) is 25.7 Å². The molecule has 2 bridgehead atoms. The highest BCUT2D eigenvalue weighted by Crippen LogP contribution is 2.42. The number of para-hydroxylation sites is 1. The van der Waals surface area contributed by atoms with Gasteiger partial charge in [0.2, 0.25) is 17.7 Å². The summed E-state index contributed by atoms with van der Waals surface area (Å²) in [6.07, 6.45) is 5.03. The lowest BCUT2D eigenvalue weighted by Crippen LogP contribution is -2.55. The summed E-state index contributed by atoms with van der Waals surface area (Å²) in [5.74, 6) is -0.927. The lowest BCUT2D eigenvalue weighted by atomic mass is 9.68. The van der Waals surface area contributed by atoms with Gasteiger partial charge in [-0.05, 0) is 108 Å². The number of nitrogens with one attached hydrogen (secondary N) is 3. The van der Waals surface area contributed by atoms with Gasteiger partial charge in [-0.25, -0.2) is 14.6 Å². The normalized spacial score (nSPS) is 19.8. The summed E-state index contributed by atoms with van der Waals surface area (Å²) >= 11 is 0. The third-order valence-electron chi connectivity index (χ3n) is 14.1. The molecule has 0 spiro atoms. The number of carboxylic acid groups (broad SMARTS) is 1. The van der Waals surface area contributed by atoms with Crippen LogP contribution in [0.4, 0.5) is 32.5 Å². The number of pyridine rings is 1. The molecule has 5 heterocycles. The Morgan fingerprint density at radius 2 is 1.67 bits per heavy atom. The number of carbonyl (C=O) groups is 5. The third-order valence-corrected chi connectivity index (χ3v) is 14.1. The molecule has 3 aliphatic heterocycles. The highest BCUT2D eigenvalue weighted by atomic mass is 16.6. The molecule has 21 nitrogen and oxygen atoms in total. The van der Waals surface area contributed by atoms with E-state index >= 15 is 0 Å². The van der Waals surface area contributed by atoms with Crippen molar-refractivity contribution in [2.75, 3.05) is 73.3 Å². The number of amides is 5. The molecule has 4 fully saturated rings. The number of primary amides is 1. The Hall–Kier alpha value is -7.42. The summed E-state index contributed by atoms with van der Waals surface area (Å²) in [5, 5.41) is 26.6. The number of carbonyl (C=O) groups excluding carboxylic acids is 4. The molecule has 1 aliphatic carbocycles. The lowest BCUT2D eigenvalue weighted by molar-refractivity contribution is -0.162. The summed E-state index contributed by atoms with van der Waals surface area (Å²) in [5.41, 5.74) is 14.2. The molecule has 2 unspecified atom stereocenters. The van der Waals surface area contributed by atoms with Gasteiger partial charge in [-0.2, -0.15) is 0 Å². The van der Waals surface area contributed by atoms with E-state index in [9.17, 15) is 29.1 Å². The van der Waals surface area contributed by atoms with Crippen molar-refractivity contribution >= 4 is 52.8 Å². The maximum atomic E-state index is 13.5. The largest absolute Gasteiger partial charge is 0.488 e. The Bertz CT molecular complexity index is 2610. The Balaban J connectivity index is 0.853. The predicted octanol–water partition coefficient (Wildman–Crippen LogP) is 5.00. The second kappa shape index (κ2) is 22.6. The first kappa shape index (κ1) is 51.9. The molecule has 0 radical (unpaired) electrons. The number of aromatic nitrogens is 3. The summed E-state index contributed by atoms with van der Waals surface area (Å²) in [6, 6.07) is 19.6. The number of urea groups is 1. The Labute approximate surface area is 425 Å². The fourth-order valence-electron chi connectivity index (χ4n) is 10.1. The first-order chi connectivity index (χ1) is 35.0. The van der Waals surface area contributed by atoms with Crippen molar-refractivity contribution in [1.82, 2.24) is 35.6 Å². The van der Waals surface area contributed by atoms with Crippen LogP contribution in [0.2, 0.25) is 0 Å². The molecule has 4 aromatic rings. The summed E-state index contributed by atoms with van der Waals surface area (Å²) < 4.78 is 18.2. The van der Waals surface area contributed by atoms with Gasteiger partial charge >= 0.3 is 18.1 Å². The van der Waals surface area contributed by atoms with Gasteiger partial charge in [-0.3, -0.25) is 19.3 Å². The standard InChI is InChI=1S/C52H68N12O9/c1-33-29-62(50(70)73-51(2,3)4)24-23-61(33)25-26-71-44-27-36(18-22-55-44)64-37-16-17-38(64)31-63(30-37)42-28-41(59-60-45(42)53)39-9-5-6-11-43(39)72-32-34-12-14-35(15-13-34)57-46(65)40(10-7-21-56-49(54)69)58-47(66)52(48(67)68)19-8-20-52/h5-6,9,11-15,18,22,27-28,33,37-38,40H,7-8,10,16-17,19-21,23-26,29-32H2,1-4H3,(H2,53,60)(H,57,65)(H,58,66)(H,67,68)(H3,54,56,69)/t33-,37?,38?,40+/m1/s1. The SMILES string of the molecule is C[C@@H]1CN(C(=O)OC(C)(C)C)CCN1CCOc1cc(N2C3CCC2CN(c2cc(-c4ccccc4OCc4ccc(NC(=O)[C@H](CCCNC(N)=O)NC(=O)C5(C(=O)O)CCC5)cc4)nnc2N)C3)ccn1. The van der Waals surface area contributed by atoms with E-state index in [0.717, 1.165) is 55.0 Å². The average Bonchev–Trinajstić information content (AvgIpc) is 3.60. The van der Waals surface area contributed by atoms with Crippen LogP contribution in [-0.2, 0) is 25.7 Å². The summed E-state index contributed by atoms with van der Waals surface area (Å²) in [4.78, 5) is 75.8. The first-order valence-corrected chi connectivity index (χ1v) is 25.1. The molecular weight excluding hydrogens is 937 g/mol. The molecule has 4 atom stereocenters. The Morgan fingerprint density at radius 1 is 0.932 bits per heavy atom. The molecule has 2 aromatic heterocycles. The number of aliphatic carboxylic acids is 1. The fourth-order valence-corrected chi connectivity index (χ4v) is 10.1. The van der Waals surface area contributed by atoms with Gasteiger partial charge in [-0.1, -0.05) is 30.7 Å². The van der Waals surface area contributed by atoms with Gasteiger partial charge in [0.15, 0.2) is 5.82 Å². The first-order valence-electron chi connectivity index (χ1n) is 25.1. The van der Waals surface area contributed by atoms with E-state index in [0.29, 0.717) is 67.9 Å². The van der Waals surface area contributed by atoms with Gasteiger partial charge in [0.05, 0.1) is 11.4 Å². The maximum absolute atomic E-state index is 13.5. The van der Waals surface area contributed by atoms with Gasteiger partial charge < -0.3 is 61.4 Å². The van der Waals surface area contributed by atoms with Gasteiger partial charge in [0.1, 0.15) is 36.0 Å². The number of nitrogens with zero attached hydrogens (tertiary/aromatic N) is 7. The van der Waals surface area contributed by atoms with E-state index in [1.165, 1.54) is 0 Å². The van der Waals surface area contributed by atoms with Crippen LogP contribution in [0.5, 0.6) is 11.6 Å². The minimum Gasteiger partial charge on any atom is -0.488 e. The molecule has 8 rings (SSSR count). The van der Waals surface area contributed by atoms with Crippen molar-refractivity contribution in [1.29, 1.82) is 0 Å². The molecule has 4 aliphatic rings. The smallest absolute Gasteiger partial charge is 0.410 e. The number of ether oxygens (including phenoxy) is 3. The van der Waals surface area contributed by atoms with Crippen molar-refractivity contribution in [3.05, 3.63) is 78.5 Å². The minimum absolute atomic E-state index is 0.142. The number of carboxylic acids is 1. The van der Waals surface area contributed by atoms with Crippen LogP contribution in [0.25, 0.3) is 11.3 Å². The molecule has 21 heteroatoms. The summed E-state index contributed by atoms with van der Waals surface area (Å²) in [7, 11) is 0. The topological polar surface area (TPSA) is 273 Å². The number of fused-ring (bicyclic) bond motifs is 2. The zero-order valence-corrected chi connectivity index (χ0v) is 42.0. The van der Waals surface area contributed by atoms with E-state index in [1.807, 2.05) is 75.4 Å². The minimum atomic E-state index is -1.55. The third kappa shape index (κ3) is 12.6. The highest BCUT2D eigenvalue weighted by molar-refractivity contribution is 6.05. The lowest BCUT2D eigenvalue weighted by Gasteiger charge is -2.43. The second-order valence-corrected chi connectivity index (χ2v) is 20.4. The van der Waals surface area contributed by atoms with Crippen molar-refractivity contribution in [3.63, 3.8) is 0 Å². The zero-order chi connectivity index (χ0) is 51.9. The van der Waals surface area contributed by atoms with Crippen LogP contribution in [0.3, 0.4) is 0 Å². The number of nitrogens with two attached hydrogens (primary N) is 2. The monoisotopic (exact) mass is 1000 g/mol. The van der Waals surface area contributed by atoms with Gasteiger partial charge in [0.25, 0.3) is 0 Å². The van der Waals surface area contributed by atoms with Crippen molar-refractivity contribution in [2.45, 2.75) is 109 Å². The second-order valence-electron chi connectivity index (χ2n) is 20.4. The van der Waals surface area contributed by atoms with E-state index in [2.05, 4.69) is 52.8 Å². The maximum Gasteiger partial charge on any atom is 0.410 e. The van der Waals surface area contributed by atoms with Crippen molar-refractivity contribution in [3.8, 4) is 22.9 Å². The number of anilines is 4. The Morgan fingerprint density at radius 3 is 2.34 bits per heavy atom. The zero-order valence-electron chi connectivity index (χ0n) is 42.0. The van der Waals surface area contributed by atoms with Crippen molar-refractivity contribution < 1.29 is 43.3 Å². The summed E-state index contributed by atoms with van der Waals surface area (Å²) in [6.45, 7) is 12.7. The molecular formula is C52H68N12O9. The van der Waals surface area contributed by atoms with Crippen LogP contribution in [0.15, 0.2) is 72.9 Å². The molecule has 390 valence electrons. The number of hydrogen-bond donors (Lipinski definition) is 6. The van der Waals surface area contributed by atoms with Crippen LogP contribution in [0, 0.1) is 5.41 Å². The van der Waals surface area contributed by atoms with Gasteiger partial charge in [0, 0.05) is 93.1 Å². The molecule has 2 aromatic carbocycles. The van der Waals surface area contributed by atoms with Crippen LogP contribution >= 0.6 is 0 Å². The molecule has 5 amide bonds. The highest BCUT2D eigenvalue weighted by Gasteiger charge is 2.52. The number of benzene rings is 2. The van der Waals surface area contributed by atoms with Crippen LogP contribution < -0.4 is 46.7 Å². The quantitative estimate of drug-likeness (QED) is 0.0533. The average molecular weight is 1010 g/mol. The van der Waals surface area contributed by atoms with E-state index in [1.54, 1.807) is 23.2 Å². The van der Waals surface area contributed by atoms with Gasteiger partial charge in [-0.15, -0.1) is 10.2 Å². The van der Waals surface area contributed by atoms with Crippen LogP contribution in [0.1, 0.15) is 78.2 Å². The predicted molar refractivity (Wildman–Crippen MR) is 274 cm³/mol. The Kier molecular flexibility index (Phi) is 16.0. The number of nitrogen functional groups attached to an aromatic ring is 1. The van der Waals surface area contributed by atoms with Crippen LogP contribution in [-0.4, -0.2) is 142 Å². The molecule has 8 N–H and O–H groups in total. The number of rotatable bonds is 19. The molecule has 3 saturated heterocycles. The fraction of sp³-hybridized carbons (Fsp3) is 0.500. The molecule has 73 heavy (non-hydrogen) atoms. The number of hydrogen-bond acceptors (Lipinski definition) is 15. The number of piperazine rings is 2. The van der Waals surface area contributed by atoms with E-state index < -0.39 is 40.9 Å². The molecule has 1 saturated carbocycles. The van der Waals surface area contributed by atoms with Crippen molar-refractivity contribution in [2.24, 2.45) is 11.1 Å².